The molecule has 0 amide bonds. The zero-order valence-electron chi connectivity index (χ0n) is 19.8. The van der Waals surface area contributed by atoms with Gasteiger partial charge in [0, 0.05) is 11.3 Å². The topological polar surface area (TPSA) is 40.5 Å². The summed E-state index contributed by atoms with van der Waals surface area (Å²) in [5.41, 5.74) is 4.05. The molecule has 4 aromatic carbocycles. The molecule has 4 rings (SSSR count). The summed E-state index contributed by atoms with van der Waals surface area (Å²) in [4.78, 5) is 0. The van der Waals surface area contributed by atoms with Crippen LogP contribution in [0.5, 0.6) is 0 Å². The Morgan fingerprint density at radius 3 is 1.35 bits per heavy atom. The molecule has 2 N–H and O–H groups in total. The molecule has 0 bridgehead atoms. The number of rotatable bonds is 10. The van der Waals surface area contributed by atoms with Gasteiger partial charge in [0.15, 0.2) is 0 Å². The lowest BCUT2D eigenvalue weighted by Crippen LogP contribution is -2.39. The Kier molecular flexibility index (Phi) is 7.95. The van der Waals surface area contributed by atoms with Gasteiger partial charge in [-0.05, 0) is 35.1 Å². The van der Waals surface area contributed by atoms with Gasteiger partial charge >= 0.3 is 0 Å². The summed E-state index contributed by atoms with van der Waals surface area (Å²) >= 11 is 0. The lowest BCUT2D eigenvalue weighted by atomic mass is 9.63. The largest absolute Gasteiger partial charge is 0.390 e. The van der Waals surface area contributed by atoms with Crippen LogP contribution in [0.15, 0.2) is 121 Å². The fraction of sp³-hybridized carbons (Fsp3) is 0.250. The lowest BCUT2D eigenvalue weighted by molar-refractivity contribution is -0.00627. The standard InChI is InChI=1S/C32H34O2/c1-2-15-30(33)31(34)29(25-16-7-3-8-17-25)24-32(26-18-9-4-10-19-26,27-20-11-5-12-21-27)28-22-13-6-14-23-28/h3-14,16-23,29-31,33-34H,2,15,24H2,1H3. The minimum absolute atomic E-state index is 0.261. The smallest absolute Gasteiger partial charge is 0.0867 e. The zero-order valence-corrected chi connectivity index (χ0v) is 19.8. The van der Waals surface area contributed by atoms with Gasteiger partial charge in [-0.25, -0.2) is 0 Å². The van der Waals surface area contributed by atoms with Gasteiger partial charge in [0.25, 0.3) is 0 Å². The van der Waals surface area contributed by atoms with E-state index in [2.05, 4.69) is 84.9 Å². The molecule has 0 aliphatic rings. The summed E-state index contributed by atoms with van der Waals surface area (Å²) < 4.78 is 0. The second-order valence-corrected chi connectivity index (χ2v) is 9.07. The maximum Gasteiger partial charge on any atom is 0.0867 e. The minimum Gasteiger partial charge on any atom is -0.390 e. The van der Waals surface area contributed by atoms with Crippen LogP contribution in [0.25, 0.3) is 0 Å². The maximum absolute atomic E-state index is 11.5. The van der Waals surface area contributed by atoms with Gasteiger partial charge in [-0.2, -0.15) is 0 Å². The van der Waals surface area contributed by atoms with E-state index >= 15 is 0 Å². The third-order valence-electron chi connectivity index (χ3n) is 6.94. The van der Waals surface area contributed by atoms with Gasteiger partial charge in [-0.15, -0.1) is 0 Å². The molecule has 0 fully saturated rings. The molecule has 0 aliphatic heterocycles. The molecule has 2 nitrogen and oxygen atoms in total. The number of aliphatic hydroxyl groups is 2. The molecule has 3 unspecified atom stereocenters. The number of hydrogen-bond donors (Lipinski definition) is 2. The van der Waals surface area contributed by atoms with Crippen LogP contribution in [0, 0.1) is 0 Å². The van der Waals surface area contributed by atoms with E-state index in [1.807, 2.05) is 43.3 Å². The van der Waals surface area contributed by atoms with Crippen LogP contribution in [-0.2, 0) is 5.41 Å². The van der Waals surface area contributed by atoms with Crippen LogP contribution >= 0.6 is 0 Å². The molecule has 0 heterocycles. The monoisotopic (exact) mass is 450 g/mol. The number of benzene rings is 4. The molecule has 0 aliphatic carbocycles. The van der Waals surface area contributed by atoms with Crippen LogP contribution in [-0.4, -0.2) is 22.4 Å². The summed E-state index contributed by atoms with van der Waals surface area (Å²) in [6.07, 6.45) is 0.352. The molecule has 0 aromatic heterocycles. The van der Waals surface area contributed by atoms with Crippen molar-refractivity contribution in [2.45, 2.75) is 49.7 Å². The van der Waals surface area contributed by atoms with Crippen molar-refractivity contribution in [1.82, 2.24) is 0 Å². The predicted octanol–water partition coefficient (Wildman–Crippen LogP) is 6.72. The average molecular weight is 451 g/mol. The summed E-state index contributed by atoms with van der Waals surface area (Å²) in [5, 5.41) is 22.4. The third kappa shape index (κ3) is 4.99. The van der Waals surface area contributed by atoms with Gasteiger partial charge in [0.2, 0.25) is 0 Å². The van der Waals surface area contributed by atoms with Crippen molar-refractivity contribution >= 4 is 0 Å². The Balaban J connectivity index is 1.95. The first-order valence-corrected chi connectivity index (χ1v) is 12.2. The van der Waals surface area contributed by atoms with E-state index in [1.54, 1.807) is 0 Å². The van der Waals surface area contributed by atoms with E-state index in [0.717, 1.165) is 12.0 Å². The minimum atomic E-state index is -0.877. The van der Waals surface area contributed by atoms with E-state index in [-0.39, 0.29) is 5.92 Å². The van der Waals surface area contributed by atoms with E-state index in [1.165, 1.54) is 16.7 Å². The Labute approximate surface area is 203 Å². The first kappa shape index (κ1) is 23.9. The van der Waals surface area contributed by atoms with E-state index < -0.39 is 17.6 Å². The van der Waals surface area contributed by atoms with E-state index in [9.17, 15) is 10.2 Å². The molecule has 3 atom stereocenters. The van der Waals surface area contributed by atoms with Crippen molar-refractivity contribution in [1.29, 1.82) is 0 Å². The highest BCUT2D eigenvalue weighted by Gasteiger charge is 2.41. The number of aliphatic hydroxyl groups excluding tert-OH is 2. The Morgan fingerprint density at radius 1 is 0.588 bits per heavy atom. The predicted molar refractivity (Wildman–Crippen MR) is 140 cm³/mol. The van der Waals surface area contributed by atoms with Gasteiger partial charge in [0.1, 0.15) is 0 Å². The van der Waals surface area contributed by atoms with Crippen molar-refractivity contribution in [3.05, 3.63) is 144 Å². The molecule has 0 saturated heterocycles. The summed E-state index contributed by atoms with van der Waals surface area (Å²) in [6, 6.07) is 41.8. The fourth-order valence-electron chi connectivity index (χ4n) is 5.22. The highest BCUT2D eigenvalue weighted by Crippen LogP contribution is 2.47. The van der Waals surface area contributed by atoms with Crippen LogP contribution in [0.3, 0.4) is 0 Å². The van der Waals surface area contributed by atoms with Crippen molar-refractivity contribution in [2.24, 2.45) is 0 Å². The first-order valence-electron chi connectivity index (χ1n) is 12.2. The molecule has 0 radical (unpaired) electrons. The lowest BCUT2D eigenvalue weighted by Gasteiger charge is -2.41. The third-order valence-corrected chi connectivity index (χ3v) is 6.94. The highest BCUT2D eigenvalue weighted by molar-refractivity contribution is 5.51. The van der Waals surface area contributed by atoms with Crippen molar-refractivity contribution < 1.29 is 10.2 Å². The molecule has 0 saturated carbocycles. The molecule has 174 valence electrons. The second kappa shape index (κ2) is 11.3. The summed E-state index contributed by atoms with van der Waals surface area (Å²) in [5.74, 6) is -0.261. The molecule has 4 aromatic rings. The Hall–Kier alpha value is -3.20. The Morgan fingerprint density at radius 2 is 0.971 bits per heavy atom. The summed E-state index contributed by atoms with van der Waals surface area (Å²) in [6.45, 7) is 2.04. The molecule has 2 heteroatoms. The first-order chi connectivity index (χ1) is 16.7. The van der Waals surface area contributed by atoms with E-state index in [0.29, 0.717) is 12.8 Å². The molecular formula is C32H34O2. The van der Waals surface area contributed by atoms with Gasteiger partial charge in [-0.1, -0.05) is 135 Å². The van der Waals surface area contributed by atoms with Crippen LogP contribution in [0.2, 0.25) is 0 Å². The van der Waals surface area contributed by atoms with Crippen LogP contribution in [0.1, 0.15) is 54.4 Å². The fourth-order valence-corrected chi connectivity index (χ4v) is 5.22. The quantitative estimate of drug-likeness (QED) is 0.263. The summed E-state index contributed by atoms with van der Waals surface area (Å²) in [7, 11) is 0. The van der Waals surface area contributed by atoms with E-state index in [4.69, 9.17) is 0 Å². The van der Waals surface area contributed by atoms with Crippen molar-refractivity contribution in [2.75, 3.05) is 0 Å². The highest BCUT2D eigenvalue weighted by atomic mass is 16.3. The molecule has 0 spiro atoms. The zero-order chi connectivity index (χ0) is 23.8. The maximum atomic E-state index is 11.5. The Bertz CT molecular complexity index is 1010. The van der Waals surface area contributed by atoms with Crippen molar-refractivity contribution in [3.8, 4) is 0 Å². The van der Waals surface area contributed by atoms with Crippen LogP contribution in [0.4, 0.5) is 0 Å². The van der Waals surface area contributed by atoms with Gasteiger partial charge in [0.05, 0.1) is 12.2 Å². The average Bonchev–Trinajstić information content (AvgIpc) is 2.91. The normalized spacial score (nSPS) is 14.3. The SMILES string of the molecule is CCCC(O)C(O)C(CC(c1ccccc1)(c1ccccc1)c1ccccc1)c1ccccc1. The number of hydrogen-bond acceptors (Lipinski definition) is 2. The molecule has 34 heavy (non-hydrogen) atoms. The van der Waals surface area contributed by atoms with Gasteiger partial charge in [-0.3, -0.25) is 0 Å². The van der Waals surface area contributed by atoms with Gasteiger partial charge < -0.3 is 10.2 Å². The van der Waals surface area contributed by atoms with Crippen LogP contribution < -0.4 is 0 Å². The van der Waals surface area contributed by atoms with Crippen molar-refractivity contribution in [3.63, 3.8) is 0 Å². The second-order valence-electron chi connectivity index (χ2n) is 9.07. The molecular weight excluding hydrogens is 416 g/mol.